The molecule has 82 valence electrons. The molecule has 0 spiro atoms. The molecular weight excluding hydrogens is 190 g/mol. The summed E-state index contributed by atoms with van der Waals surface area (Å²) in [6.45, 7) is 5.96. The predicted molar refractivity (Wildman–Crippen MR) is 57.8 cm³/mol. The van der Waals surface area contributed by atoms with Crippen molar-refractivity contribution in [3.8, 4) is 0 Å². The third-order valence-corrected chi connectivity index (χ3v) is 2.93. The highest BCUT2D eigenvalue weighted by atomic mass is 16.2. The van der Waals surface area contributed by atoms with Crippen molar-refractivity contribution < 1.29 is 4.79 Å². The molecule has 4 heteroatoms. The van der Waals surface area contributed by atoms with Gasteiger partial charge in [-0.05, 0) is 12.3 Å². The number of hydrogen-bond acceptors (Lipinski definition) is 2. The highest BCUT2D eigenvalue weighted by Crippen LogP contribution is 2.21. The van der Waals surface area contributed by atoms with Crippen LogP contribution in [0.3, 0.4) is 0 Å². The van der Waals surface area contributed by atoms with Gasteiger partial charge in [-0.2, -0.15) is 5.10 Å². The van der Waals surface area contributed by atoms with Crippen LogP contribution in [0.2, 0.25) is 0 Å². The van der Waals surface area contributed by atoms with Crippen molar-refractivity contribution in [3.63, 3.8) is 0 Å². The minimum atomic E-state index is 0.130. The number of carbonyl (C=O) groups excluding carboxylic acids is 1. The maximum Gasteiger partial charge on any atom is 0.272 e. The van der Waals surface area contributed by atoms with Gasteiger partial charge in [0.2, 0.25) is 0 Å². The average molecular weight is 207 g/mol. The third-order valence-electron chi connectivity index (χ3n) is 2.93. The van der Waals surface area contributed by atoms with E-state index in [9.17, 15) is 4.79 Å². The minimum Gasteiger partial charge on any atom is -0.337 e. The molecule has 0 unspecified atom stereocenters. The van der Waals surface area contributed by atoms with E-state index in [4.69, 9.17) is 0 Å². The first-order valence-corrected chi connectivity index (χ1v) is 5.42. The number of hydrogen-bond donors (Lipinski definition) is 0. The van der Waals surface area contributed by atoms with Crippen LogP contribution in [0.4, 0.5) is 0 Å². The second kappa shape index (κ2) is 3.68. The lowest BCUT2D eigenvalue weighted by atomic mass is 10.0. The van der Waals surface area contributed by atoms with Crippen molar-refractivity contribution in [3.05, 3.63) is 17.5 Å². The first-order valence-electron chi connectivity index (χ1n) is 5.42. The molecule has 1 aromatic heterocycles. The summed E-state index contributed by atoms with van der Waals surface area (Å²) >= 11 is 0. The summed E-state index contributed by atoms with van der Waals surface area (Å²) in [6.07, 6.45) is 2.93. The van der Waals surface area contributed by atoms with Crippen LogP contribution in [0.5, 0.6) is 0 Å². The zero-order chi connectivity index (χ0) is 11.0. The molecular formula is C11H17N3O. The Balaban J connectivity index is 2.32. The molecule has 0 atom stereocenters. The topological polar surface area (TPSA) is 38.1 Å². The van der Waals surface area contributed by atoms with Crippen LogP contribution in [0, 0.1) is 0 Å². The fourth-order valence-corrected chi connectivity index (χ4v) is 1.81. The zero-order valence-electron chi connectivity index (χ0n) is 9.53. The SMILES string of the molecule is CC(C)c1cnn(C)c1C(=O)N1CCC1. The fraction of sp³-hybridized carbons (Fsp3) is 0.636. The van der Waals surface area contributed by atoms with Gasteiger partial charge in [0.25, 0.3) is 5.91 Å². The van der Waals surface area contributed by atoms with E-state index in [0.29, 0.717) is 5.92 Å². The van der Waals surface area contributed by atoms with Gasteiger partial charge in [-0.15, -0.1) is 0 Å². The van der Waals surface area contributed by atoms with Crippen LogP contribution in [-0.2, 0) is 7.05 Å². The van der Waals surface area contributed by atoms with E-state index in [2.05, 4.69) is 18.9 Å². The number of aryl methyl sites for hydroxylation is 1. The Morgan fingerprint density at radius 1 is 1.47 bits per heavy atom. The van der Waals surface area contributed by atoms with Gasteiger partial charge in [0.15, 0.2) is 0 Å². The van der Waals surface area contributed by atoms with E-state index >= 15 is 0 Å². The number of rotatable bonds is 2. The van der Waals surface area contributed by atoms with Crippen molar-refractivity contribution in [2.75, 3.05) is 13.1 Å². The Kier molecular flexibility index (Phi) is 2.50. The Hall–Kier alpha value is -1.32. The molecule has 1 amide bonds. The molecule has 0 aliphatic carbocycles. The number of carbonyl (C=O) groups is 1. The highest BCUT2D eigenvalue weighted by Gasteiger charge is 2.27. The number of aromatic nitrogens is 2. The number of nitrogens with zero attached hydrogens (tertiary/aromatic N) is 3. The first kappa shape index (κ1) is 10.2. The average Bonchev–Trinajstić information content (AvgIpc) is 2.43. The van der Waals surface area contributed by atoms with Crippen molar-refractivity contribution in [2.24, 2.45) is 7.05 Å². The van der Waals surface area contributed by atoms with Gasteiger partial charge in [0.1, 0.15) is 5.69 Å². The largest absolute Gasteiger partial charge is 0.337 e. The van der Waals surface area contributed by atoms with E-state index in [0.717, 1.165) is 30.8 Å². The molecule has 1 fully saturated rings. The smallest absolute Gasteiger partial charge is 0.272 e. The van der Waals surface area contributed by atoms with E-state index < -0.39 is 0 Å². The summed E-state index contributed by atoms with van der Waals surface area (Å²) in [4.78, 5) is 14.0. The second-order valence-corrected chi connectivity index (χ2v) is 4.37. The molecule has 4 nitrogen and oxygen atoms in total. The summed E-state index contributed by atoms with van der Waals surface area (Å²) < 4.78 is 1.69. The van der Waals surface area contributed by atoms with Crippen molar-refractivity contribution >= 4 is 5.91 Å². The van der Waals surface area contributed by atoms with Crippen molar-refractivity contribution in [2.45, 2.75) is 26.2 Å². The maximum atomic E-state index is 12.1. The van der Waals surface area contributed by atoms with Gasteiger partial charge < -0.3 is 4.90 Å². The van der Waals surface area contributed by atoms with Crippen molar-refractivity contribution in [1.29, 1.82) is 0 Å². The molecule has 2 rings (SSSR count). The Labute approximate surface area is 89.9 Å². The van der Waals surface area contributed by atoms with Gasteiger partial charge in [0.05, 0.1) is 6.20 Å². The normalized spacial score (nSPS) is 15.6. The van der Waals surface area contributed by atoms with E-state index in [1.807, 2.05) is 11.9 Å². The molecule has 1 saturated heterocycles. The minimum absolute atomic E-state index is 0.130. The molecule has 2 heterocycles. The zero-order valence-corrected chi connectivity index (χ0v) is 9.53. The van der Waals surface area contributed by atoms with Gasteiger partial charge >= 0.3 is 0 Å². The maximum absolute atomic E-state index is 12.1. The molecule has 15 heavy (non-hydrogen) atoms. The van der Waals surface area contributed by atoms with Gasteiger partial charge in [-0.1, -0.05) is 13.8 Å². The predicted octanol–water partition coefficient (Wildman–Crippen LogP) is 1.39. The third kappa shape index (κ3) is 1.64. The van der Waals surface area contributed by atoms with Crippen molar-refractivity contribution in [1.82, 2.24) is 14.7 Å². The summed E-state index contributed by atoms with van der Waals surface area (Å²) in [5, 5.41) is 4.17. The van der Waals surface area contributed by atoms with E-state index in [1.54, 1.807) is 10.9 Å². The molecule has 0 radical (unpaired) electrons. The van der Waals surface area contributed by atoms with Crippen LogP contribution in [0.15, 0.2) is 6.20 Å². The lowest BCUT2D eigenvalue weighted by Crippen LogP contribution is -2.43. The first-order chi connectivity index (χ1) is 7.11. The quantitative estimate of drug-likeness (QED) is 0.735. The number of amides is 1. The van der Waals surface area contributed by atoms with Gasteiger partial charge in [0, 0.05) is 25.7 Å². The van der Waals surface area contributed by atoms with Gasteiger partial charge in [-0.3, -0.25) is 9.48 Å². The Bertz CT molecular complexity index is 377. The molecule has 0 bridgehead atoms. The van der Waals surface area contributed by atoms with Gasteiger partial charge in [-0.25, -0.2) is 0 Å². The molecule has 0 saturated carbocycles. The lowest BCUT2D eigenvalue weighted by molar-refractivity contribution is 0.0638. The van der Waals surface area contributed by atoms with Crippen LogP contribution < -0.4 is 0 Å². The molecule has 1 aromatic rings. The molecule has 0 N–H and O–H groups in total. The molecule has 0 aromatic carbocycles. The van der Waals surface area contributed by atoms with E-state index in [1.165, 1.54) is 0 Å². The highest BCUT2D eigenvalue weighted by molar-refractivity contribution is 5.94. The molecule has 1 aliphatic rings. The van der Waals surface area contributed by atoms with Crippen LogP contribution in [-0.4, -0.2) is 33.7 Å². The fourth-order valence-electron chi connectivity index (χ4n) is 1.81. The Morgan fingerprint density at radius 3 is 2.60 bits per heavy atom. The summed E-state index contributed by atoms with van der Waals surface area (Å²) in [5.74, 6) is 0.476. The summed E-state index contributed by atoms with van der Waals surface area (Å²) in [5.41, 5.74) is 1.80. The molecule has 1 aliphatic heterocycles. The lowest BCUT2D eigenvalue weighted by Gasteiger charge is -2.31. The number of likely N-dealkylation sites (tertiary alicyclic amines) is 1. The summed E-state index contributed by atoms with van der Waals surface area (Å²) in [6, 6.07) is 0. The van der Waals surface area contributed by atoms with Crippen LogP contribution >= 0.6 is 0 Å². The van der Waals surface area contributed by atoms with E-state index in [-0.39, 0.29) is 5.91 Å². The Morgan fingerprint density at radius 2 is 2.13 bits per heavy atom. The van der Waals surface area contributed by atoms with Crippen LogP contribution in [0.25, 0.3) is 0 Å². The monoisotopic (exact) mass is 207 g/mol. The summed E-state index contributed by atoms with van der Waals surface area (Å²) in [7, 11) is 1.83. The van der Waals surface area contributed by atoms with Crippen LogP contribution in [0.1, 0.15) is 42.2 Å². The second-order valence-electron chi connectivity index (χ2n) is 4.37. The standard InChI is InChI=1S/C11H17N3O/c1-8(2)9-7-12-13(3)10(9)11(15)14-5-4-6-14/h7-8H,4-6H2,1-3H3.